The molecule has 2 aromatic carbocycles. The van der Waals surface area contributed by atoms with Gasteiger partial charge in [0.05, 0.1) is 13.4 Å². The topological polar surface area (TPSA) is 64.4 Å². The summed E-state index contributed by atoms with van der Waals surface area (Å²) in [6.45, 7) is 3.70. The van der Waals surface area contributed by atoms with Crippen LogP contribution in [0, 0.1) is 12.7 Å². The number of rotatable bonds is 5. The van der Waals surface area contributed by atoms with E-state index in [0.29, 0.717) is 17.2 Å². The quantitative estimate of drug-likeness (QED) is 0.406. The Labute approximate surface area is 179 Å². The number of ether oxygens (including phenoxy) is 1. The zero-order valence-corrected chi connectivity index (χ0v) is 17.4. The van der Waals surface area contributed by atoms with E-state index in [0.717, 1.165) is 33.3 Å². The number of hydrogen-bond acceptors (Lipinski definition) is 4. The van der Waals surface area contributed by atoms with Crippen LogP contribution in [0.3, 0.4) is 0 Å². The van der Waals surface area contributed by atoms with Gasteiger partial charge in [0.15, 0.2) is 0 Å². The fourth-order valence-corrected chi connectivity index (χ4v) is 3.43. The molecule has 4 aromatic rings. The van der Waals surface area contributed by atoms with E-state index in [1.807, 2.05) is 32.0 Å². The summed E-state index contributed by atoms with van der Waals surface area (Å²) in [7, 11) is 1.57. The number of furan rings is 1. The first-order valence-electron chi connectivity index (χ1n) is 9.73. The van der Waals surface area contributed by atoms with E-state index in [2.05, 4.69) is 10.3 Å². The Balaban J connectivity index is 1.71. The molecule has 156 valence electrons. The lowest BCUT2D eigenvalue weighted by Gasteiger charge is -2.10. The summed E-state index contributed by atoms with van der Waals surface area (Å²) in [5, 5.41) is 3.62. The SMILES string of the molecule is COc1cc2occ(-c3ccc(F)cc3)c2cc1/C(C)=C/C(=O)Nc1cccc(C)n1. The molecule has 0 fully saturated rings. The monoisotopic (exact) mass is 416 g/mol. The summed E-state index contributed by atoms with van der Waals surface area (Å²) >= 11 is 0. The van der Waals surface area contributed by atoms with Crippen LogP contribution in [-0.2, 0) is 4.79 Å². The van der Waals surface area contributed by atoms with Crippen molar-refractivity contribution < 1.29 is 18.3 Å². The Morgan fingerprint density at radius 2 is 1.94 bits per heavy atom. The molecule has 6 heteroatoms. The summed E-state index contributed by atoms with van der Waals surface area (Å²) in [6, 6.07) is 15.4. The first-order valence-corrected chi connectivity index (χ1v) is 9.73. The highest BCUT2D eigenvalue weighted by Crippen LogP contribution is 2.37. The average molecular weight is 416 g/mol. The number of aromatic nitrogens is 1. The molecule has 0 atom stereocenters. The second kappa shape index (κ2) is 8.44. The van der Waals surface area contributed by atoms with E-state index < -0.39 is 0 Å². The summed E-state index contributed by atoms with van der Waals surface area (Å²) in [6.07, 6.45) is 3.14. The minimum Gasteiger partial charge on any atom is -0.496 e. The number of pyridine rings is 1. The van der Waals surface area contributed by atoms with Crippen molar-refractivity contribution in [3.63, 3.8) is 0 Å². The van der Waals surface area contributed by atoms with Crippen molar-refractivity contribution in [2.75, 3.05) is 12.4 Å². The molecule has 0 unspecified atom stereocenters. The van der Waals surface area contributed by atoms with Gasteiger partial charge in [0, 0.05) is 34.3 Å². The number of nitrogens with zero attached hydrogens (tertiary/aromatic N) is 1. The van der Waals surface area contributed by atoms with Crippen LogP contribution in [0.25, 0.3) is 27.7 Å². The molecule has 31 heavy (non-hydrogen) atoms. The number of anilines is 1. The minimum absolute atomic E-state index is 0.288. The zero-order valence-electron chi connectivity index (χ0n) is 17.4. The molecule has 5 nitrogen and oxygen atoms in total. The zero-order chi connectivity index (χ0) is 22.0. The number of amides is 1. The van der Waals surface area contributed by atoms with Gasteiger partial charge in [-0.2, -0.15) is 0 Å². The van der Waals surface area contributed by atoms with Gasteiger partial charge in [0.2, 0.25) is 5.91 Å². The standard InChI is InChI=1S/C25H21FN2O3/c1-15(11-25(29)28-24-6-4-5-16(2)27-24)19-12-20-21(17-7-9-18(26)10-8-17)14-31-23(20)13-22(19)30-3/h4-14H,1-3H3,(H,27,28,29)/b15-11+. The largest absolute Gasteiger partial charge is 0.496 e. The van der Waals surface area contributed by atoms with Gasteiger partial charge in [-0.25, -0.2) is 9.37 Å². The van der Waals surface area contributed by atoms with Gasteiger partial charge in [0.1, 0.15) is 23.0 Å². The first kappa shape index (κ1) is 20.3. The van der Waals surface area contributed by atoms with Crippen molar-refractivity contribution in [1.29, 1.82) is 0 Å². The summed E-state index contributed by atoms with van der Waals surface area (Å²) in [5.74, 6) is 0.489. The Morgan fingerprint density at radius 1 is 1.16 bits per heavy atom. The summed E-state index contributed by atoms with van der Waals surface area (Å²) < 4.78 is 24.5. The van der Waals surface area contributed by atoms with E-state index in [4.69, 9.17) is 9.15 Å². The van der Waals surface area contributed by atoms with Crippen LogP contribution in [0.1, 0.15) is 18.2 Å². The number of carbonyl (C=O) groups excluding carboxylic acids is 1. The molecular weight excluding hydrogens is 395 g/mol. The van der Waals surface area contributed by atoms with Crippen molar-refractivity contribution in [1.82, 2.24) is 4.98 Å². The van der Waals surface area contributed by atoms with E-state index in [9.17, 15) is 9.18 Å². The molecule has 0 spiro atoms. The van der Waals surface area contributed by atoms with Crippen LogP contribution in [0.15, 0.2) is 71.4 Å². The number of fused-ring (bicyclic) bond motifs is 1. The highest BCUT2D eigenvalue weighted by molar-refractivity contribution is 6.05. The fraction of sp³-hybridized carbons (Fsp3) is 0.120. The second-order valence-corrected chi connectivity index (χ2v) is 7.19. The van der Waals surface area contributed by atoms with Crippen LogP contribution in [0.5, 0.6) is 5.75 Å². The molecule has 0 radical (unpaired) electrons. The van der Waals surface area contributed by atoms with Crippen molar-refractivity contribution in [2.24, 2.45) is 0 Å². The minimum atomic E-state index is -0.299. The molecule has 2 aromatic heterocycles. The Hall–Kier alpha value is -3.93. The lowest BCUT2D eigenvalue weighted by atomic mass is 9.99. The first-order chi connectivity index (χ1) is 14.9. The van der Waals surface area contributed by atoms with Crippen molar-refractivity contribution in [3.05, 3.63) is 84.0 Å². The average Bonchev–Trinajstić information content (AvgIpc) is 3.16. The Kier molecular flexibility index (Phi) is 5.54. The summed E-state index contributed by atoms with van der Waals surface area (Å²) in [5.41, 5.74) is 4.60. The molecule has 0 aliphatic rings. The normalized spacial score (nSPS) is 11.5. The van der Waals surface area contributed by atoms with Crippen molar-refractivity contribution in [3.8, 4) is 16.9 Å². The maximum Gasteiger partial charge on any atom is 0.249 e. The number of hydrogen-bond donors (Lipinski definition) is 1. The molecule has 0 aliphatic heterocycles. The van der Waals surface area contributed by atoms with E-state index >= 15 is 0 Å². The van der Waals surface area contributed by atoms with Crippen molar-refractivity contribution >= 4 is 28.3 Å². The summed E-state index contributed by atoms with van der Waals surface area (Å²) in [4.78, 5) is 16.8. The number of nitrogens with one attached hydrogen (secondary N) is 1. The molecule has 1 amide bonds. The molecule has 0 aliphatic carbocycles. The van der Waals surface area contributed by atoms with Gasteiger partial charge in [-0.15, -0.1) is 0 Å². The fourth-order valence-electron chi connectivity index (χ4n) is 3.43. The predicted octanol–water partition coefficient (Wildman–Crippen LogP) is 5.99. The van der Waals surface area contributed by atoms with Gasteiger partial charge in [0.25, 0.3) is 0 Å². The van der Waals surface area contributed by atoms with E-state index in [-0.39, 0.29) is 11.7 Å². The van der Waals surface area contributed by atoms with Crippen LogP contribution in [-0.4, -0.2) is 18.0 Å². The van der Waals surface area contributed by atoms with E-state index in [1.165, 1.54) is 18.2 Å². The van der Waals surface area contributed by atoms with Gasteiger partial charge < -0.3 is 14.5 Å². The van der Waals surface area contributed by atoms with Crippen LogP contribution < -0.4 is 10.1 Å². The van der Waals surface area contributed by atoms with E-state index in [1.54, 1.807) is 37.6 Å². The van der Waals surface area contributed by atoms with Crippen molar-refractivity contribution in [2.45, 2.75) is 13.8 Å². The smallest absolute Gasteiger partial charge is 0.249 e. The number of carbonyl (C=O) groups is 1. The number of benzene rings is 2. The number of aryl methyl sites for hydroxylation is 1. The Bertz CT molecular complexity index is 1290. The molecular formula is C25H21FN2O3. The van der Waals surface area contributed by atoms with Crippen LogP contribution in [0.4, 0.5) is 10.2 Å². The molecule has 0 saturated carbocycles. The van der Waals surface area contributed by atoms with Gasteiger partial charge >= 0.3 is 0 Å². The van der Waals surface area contributed by atoms with Gasteiger partial charge in [-0.1, -0.05) is 18.2 Å². The highest BCUT2D eigenvalue weighted by atomic mass is 19.1. The molecule has 1 N–H and O–H groups in total. The third-order valence-electron chi connectivity index (χ3n) is 4.96. The Morgan fingerprint density at radius 3 is 2.65 bits per heavy atom. The number of methoxy groups -OCH3 is 1. The molecule has 4 rings (SSSR count). The lowest BCUT2D eigenvalue weighted by Crippen LogP contribution is -2.10. The predicted molar refractivity (Wildman–Crippen MR) is 119 cm³/mol. The molecule has 0 bridgehead atoms. The maximum atomic E-state index is 13.3. The second-order valence-electron chi connectivity index (χ2n) is 7.19. The van der Waals surface area contributed by atoms with Gasteiger partial charge in [-0.05, 0) is 55.3 Å². The van der Waals surface area contributed by atoms with Crippen LogP contribution >= 0.6 is 0 Å². The number of halogens is 1. The molecule has 0 saturated heterocycles. The lowest BCUT2D eigenvalue weighted by molar-refractivity contribution is -0.111. The third kappa shape index (κ3) is 4.33. The van der Waals surface area contributed by atoms with Crippen LogP contribution in [0.2, 0.25) is 0 Å². The third-order valence-corrected chi connectivity index (χ3v) is 4.96. The highest BCUT2D eigenvalue weighted by Gasteiger charge is 2.15. The maximum absolute atomic E-state index is 13.3. The molecule has 2 heterocycles. The number of allylic oxidation sites excluding steroid dienone is 1. The van der Waals surface area contributed by atoms with Gasteiger partial charge in [-0.3, -0.25) is 4.79 Å².